The molecule has 3 heterocycles. The summed E-state index contributed by atoms with van der Waals surface area (Å²) < 4.78 is 29.7. The number of anilines is 3. The van der Waals surface area contributed by atoms with Crippen LogP contribution in [0.15, 0.2) is 101 Å². The van der Waals surface area contributed by atoms with Gasteiger partial charge >= 0.3 is 0 Å². The van der Waals surface area contributed by atoms with E-state index < -0.39 is 17.2 Å². The standard InChI is InChI=1S/C32H24BrFN4O4/c1-18(2)38-16-22(19-7-9-20(33)10-8-19)29(39)23(17-38)32(40)36-21-11-12-26(24(34)15-21)41-28-13-14-35-31-30(28)42-27-6-4-3-5-25(27)37-31/h3-18H,1-2H3,(H,35,37)(H,36,40). The molecule has 5 aromatic rings. The number of aromatic nitrogens is 2. The lowest BCUT2D eigenvalue weighted by Gasteiger charge is -2.22. The Kier molecular flexibility index (Phi) is 7.22. The van der Waals surface area contributed by atoms with E-state index in [1.807, 2.05) is 44.2 Å². The number of rotatable bonds is 6. The van der Waals surface area contributed by atoms with Gasteiger partial charge in [-0.05, 0) is 55.8 Å². The number of hydrogen-bond acceptors (Lipinski definition) is 6. The van der Waals surface area contributed by atoms with Gasteiger partial charge in [-0.25, -0.2) is 9.37 Å². The molecule has 6 rings (SSSR count). The number of pyridine rings is 2. The number of nitrogens with zero attached hydrogens (tertiary/aromatic N) is 2. The van der Waals surface area contributed by atoms with Crippen LogP contribution >= 0.6 is 15.9 Å². The van der Waals surface area contributed by atoms with Crippen molar-refractivity contribution in [2.45, 2.75) is 19.9 Å². The summed E-state index contributed by atoms with van der Waals surface area (Å²) in [6, 6.07) is 20.2. The maximum atomic E-state index is 15.2. The van der Waals surface area contributed by atoms with Crippen molar-refractivity contribution in [3.8, 4) is 34.1 Å². The molecule has 0 atom stereocenters. The van der Waals surface area contributed by atoms with Crippen LogP contribution in [0.4, 0.5) is 21.6 Å². The van der Waals surface area contributed by atoms with Gasteiger partial charge in [0.05, 0.1) is 5.69 Å². The van der Waals surface area contributed by atoms with Gasteiger partial charge in [0.2, 0.25) is 11.2 Å². The van der Waals surface area contributed by atoms with Gasteiger partial charge in [0.15, 0.2) is 28.9 Å². The largest absolute Gasteiger partial charge is 0.450 e. The van der Waals surface area contributed by atoms with Crippen LogP contribution in [0.25, 0.3) is 11.1 Å². The quantitative estimate of drug-likeness (QED) is 0.193. The van der Waals surface area contributed by atoms with Gasteiger partial charge < -0.3 is 24.7 Å². The second kappa shape index (κ2) is 11.1. The van der Waals surface area contributed by atoms with Crippen molar-refractivity contribution in [3.63, 3.8) is 0 Å². The Morgan fingerprint density at radius 2 is 1.83 bits per heavy atom. The van der Waals surface area contributed by atoms with Crippen LogP contribution in [0.3, 0.4) is 0 Å². The first-order chi connectivity index (χ1) is 20.3. The zero-order valence-corrected chi connectivity index (χ0v) is 24.1. The minimum atomic E-state index is -0.717. The molecule has 1 aliphatic heterocycles. The summed E-state index contributed by atoms with van der Waals surface area (Å²) in [7, 11) is 0. The molecule has 0 aliphatic carbocycles. The fraction of sp³-hybridized carbons (Fsp3) is 0.0938. The molecule has 2 N–H and O–H groups in total. The molecule has 0 saturated heterocycles. The molecule has 0 spiro atoms. The van der Waals surface area contributed by atoms with E-state index >= 15 is 4.39 Å². The highest BCUT2D eigenvalue weighted by atomic mass is 79.9. The van der Waals surface area contributed by atoms with Crippen molar-refractivity contribution in [2.75, 3.05) is 10.6 Å². The van der Waals surface area contributed by atoms with E-state index in [-0.39, 0.29) is 28.8 Å². The fourth-order valence-electron chi connectivity index (χ4n) is 4.47. The summed E-state index contributed by atoms with van der Waals surface area (Å²) >= 11 is 3.40. The maximum absolute atomic E-state index is 15.2. The second-order valence-corrected chi connectivity index (χ2v) is 10.8. The summed E-state index contributed by atoms with van der Waals surface area (Å²) in [6.07, 6.45) is 4.77. The predicted octanol–water partition coefficient (Wildman–Crippen LogP) is 8.29. The number of amides is 1. The molecular weight excluding hydrogens is 603 g/mol. The number of halogens is 2. The van der Waals surface area contributed by atoms with Gasteiger partial charge in [0, 0.05) is 52.5 Å². The molecule has 0 bridgehead atoms. The summed E-state index contributed by atoms with van der Waals surface area (Å²) in [5, 5.41) is 5.82. The highest BCUT2D eigenvalue weighted by Gasteiger charge is 2.23. The van der Waals surface area contributed by atoms with Crippen LogP contribution in [0.5, 0.6) is 23.0 Å². The highest BCUT2D eigenvalue weighted by Crippen LogP contribution is 2.46. The van der Waals surface area contributed by atoms with Gasteiger partial charge in [-0.1, -0.05) is 40.2 Å². The molecule has 1 amide bonds. The van der Waals surface area contributed by atoms with Crippen molar-refractivity contribution < 1.29 is 18.7 Å². The molecule has 3 aromatic carbocycles. The SMILES string of the molecule is CC(C)n1cc(C(=O)Nc2ccc(Oc3ccnc4c3Oc3ccccc3N4)c(F)c2)c(=O)c(-c2ccc(Br)cc2)c1. The topological polar surface area (TPSA) is 94.5 Å². The van der Waals surface area contributed by atoms with Crippen LogP contribution < -0.4 is 25.5 Å². The Balaban J connectivity index is 1.25. The number of carbonyl (C=O) groups excluding carboxylic acids is 1. The third-order valence-electron chi connectivity index (χ3n) is 6.67. The number of fused-ring (bicyclic) bond motifs is 2. The minimum absolute atomic E-state index is 0.00758. The molecule has 0 fully saturated rings. The van der Waals surface area contributed by atoms with Crippen LogP contribution in [0.1, 0.15) is 30.2 Å². The van der Waals surface area contributed by atoms with Crippen molar-refractivity contribution in [3.05, 3.63) is 117 Å². The molecule has 1 aliphatic rings. The highest BCUT2D eigenvalue weighted by molar-refractivity contribution is 9.10. The molecule has 0 saturated carbocycles. The first-order valence-corrected chi connectivity index (χ1v) is 13.9. The Morgan fingerprint density at radius 3 is 2.60 bits per heavy atom. The van der Waals surface area contributed by atoms with Crippen molar-refractivity contribution in [1.82, 2.24) is 9.55 Å². The van der Waals surface area contributed by atoms with Gasteiger partial charge in [-0.3, -0.25) is 9.59 Å². The average molecular weight is 627 g/mol. The van der Waals surface area contributed by atoms with Gasteiger partial charge in [0.1, 0.15) is 5.56 Å². The zero-order chi connectivity index (χ0) is 29.4. The lowest BCUT2D eigenvalue weighted by atomic mass is 10.0. The molecular formula is C32H24BrFN4O4. The third-order valence-corrected chi connectivity index (χ3v) is 7.20. The summed E-state index contributed by atoms with van der Waals surface area (Å²) in [6.45, 7) is 3.90. The Bertz CT molecular complexity index is 1890. The lowest BCUT2D eigenvalue weighted by Crippen LogP contribution is -2.25. The number of ether oxygens (including phenoxy) is 2. The zero-order valence-electron chi connectivity index (χ0n) is 22.5. The van der Waals surface area contributed by atoms with Gasteiger partial charge in [-0.2, -0.15) is 0 Å². The monoisotopic (exact) mass is 626 g/mol. The summed E-state index contributed by atoms with van der Waals surface area (Å²) in [5.74, 6) is 0.156. The Labute approximate surface area is 248 Å². The van der Waals surface area contributed by atoms with Crippen LogP contribution in [0.2, 0.25) is 0 Å². The third kappa shape index (κ3) is 5.36. The van der Waals surface area contributed by atoms with E-state index in [1.165, 1.54) is 24.5 Å². The Morgan fingerprint density at radius 1 is 1.05 bits per heavy atom. The van der Waals surface area contributed by atoms with Crippen LogP contribution in [0, 0.1) is 5.82 Å². The molecule has 10 heteroatoms. The summed E-state index contributed by atoms with van der Waals surface area (Å²) in [4.78, 5) is 30.9. The van der Waals surface area contributed by atoms with Crippen molar-refractivity contribution in [1.29, 1.82) is 0 Å². The molecule has 42 heavy (non-hydrogen) atoms. The Hall–Kier alpha value is -4.96. The van der Waals surface area contributed by atoms with Gasteiger partial charge in [-0.15, -0.1) is 0 Å². The number of carbonyl (C=O) groups is 1. The number of nitrogens with one attached hydrogen (secondary N) is 2. The molecule has 0 unspecified atom stereocenters. The lowest BCUT2D eigenvalue weighted by molar-refractivity contribution is 0.102. The van der Waals surface area contributed by atoms with Crippen molar-refractivity contribution in [2.24, 2.45) is 0 Å². The maximum Gasteiger partial charge on any atom is 0.261 e. The number of benzene rings is 3. The van der Waals surface area contributed by atoms with E-state index in [4.69, 9.17) is 9.47 Å². The van der Waals surface area contributed by atoms with E-state index in [2.05, 4.69) is 31.5 Å². The smallest absolute Gasteiger partial charge is 0.261 e. The van der Waals surface area contributed by atoms with E-state index in [9.17, 15) is 9.59 Å². The summed E-state index contributed by atoms with van der Waals surface area (Å²) in [5.41, 5.74) is 1.50. The average Bonchev–Trinajstić information content (AvgIpc) is 2.98. The normalized spacial score (nSPS) is 11.6. The number of para-hydroxylation sites is 2. The van der Waals surface area contributed by atoms with E-state index in [0.29, 0.717) is 28.4 Å². The van der Waals surface area contributed by atoms with Crippen LogP contribution in [-0.2, 0) is 0 Å². The number of hydrogen-bond donors (Lipinski definition) is 2. The van der Waals surface area contributed by atoms with E-state index in [1.54, 1.807) is 35.0 Å². The predicted molar refractivity (Wildman–Crippen MR) is 163 cm³/mol. The molecule has 0 radical (unpaired) electrons. The van der Waals surface area contributed by atoms with Crippen molar-refractivity contribution >= 4 is 39.0 Å². The molecule has 2 aromatic heterocycles. The fourth-order valence-corrected chi connectivity index (χ4v) is 4.73. The first-order valence-electron chi connectivity index (χ1n) is 13.1. The second-order valence-electron chi connectivity index (χ2n) is 9.87. The minimum Gasteiger partial charge on any atom is -0.450 e. The first kappa shape index (κ1) is 27.2. The molecule has 210 valence electrons. The van der Waals surface area contributed by atoms with Gasteiger partial charge in [0.25, 0.3) is 5.91 Å². The molecule has 8 nitrogen and oxygen atoms in total. The van der Waals surface area contributed by atoms with E-state index in [0.717, 1.165) is 16.2 Å². The van der Waals surface area contributed by atoms with Crippen LogP contribution in [-0.4, -0.2) is 15.5 Å².